The zero-order valence-corrected chi connectivity index (χ0v) is 18.2. The van der Waals surface area contributed by atoms with Gasteiger partial charge in [-0.15, -0.1) is 0 Å². The lowest BCUT2D eigenvalue weighted by atomic mass is 10.1. The maximum Gasteiger partial charge on any atom is 0.253 e. The molecule has 0 bridgehead atoms. The first-order valence-electron chi connectivity index (χ1n) is 10.5. The van der Waals surface area contributed by atoms with Gasteiger partial charge in [0, 0.05) is 49.8 Å². The normalized spacial score (nSPS) is 13.4. The number of hydrogen-bond donors (Lipinski definition) is 3. The summed E-state index contributed by atoms with van der Waals surface area (Å²) in [5.74, 6) is 1.24. The third-order valence-electron chi connectivity index (χ3n) is 5.26. The number of methoxy groups -OCH3 is 1. The van der Waals surface area contributed by atoms with Crippen LogP contribution in [-0.4, -0.2) is 51.4 Å². The minimum Gasteiger partial charge on any atom is -0.494 e. The van der Waals surface area contributed by atoms with E-state index < -0.39 is 0 Å². The van der Waals surface area contributed by atoms with Gasteiger partial charge in [-0.2, -0.15) is 0 Å². The van der Waals surface area contributed by atoms with E-state index in [0.29, 0.717) is 11.4 Å². The van der Waals surface area contributed by atoms with Crippen LogP contribution in [0.15, 0.2) is 60.8 Å². The summed E-state index contributed by atoms with van der Waals surface area (Å²) >= 11 is 0. The molecule has 1 amide bonds. The van der Waals surface area contributed by atoms with Crippen LogP contribution in [0.3, 0.4) is 0 Å². The zero-order chi connectivity index (χ0) is 22.3. The molecule has 0 unspecified atom stereocenters. The summed E-state index contributed by atoms with van der Waals surface area (Å²) in [5, 5.41) is 9.30. The van der Waals surface area contributed by atoms with Crippen molar-refractivity contribution in [2.45, 2.75) is 0 Å². The van der Waals surface area contributed by atoms with Crippen molar-refractivity contribution >= 4 is 34.5 Å². The van der Waals surface area contributed by atoms with Crippen LogP contribution in [0, 0.1) is 0 Å². The van der Waals surface area contributed by atoms with Gasteiger partial charge in [0.15, 0.2) is 0 Å². The summed E-state index contributed by atoms with van der Waals surface area (Å²) in [6.07, 6.45) is 1.71. The molecule has 1 aliphatic rings. The minimum absolute atomic E-state index is 0.148. The van der Waals surface area contributed by atoms with Gasteiger partial charge < -0.3 is 30.3 Å². The lowest BCUT2D eigenvalue weighted by molar-refractivity contribution is 0.0964. The highest BCUT2D eigenvalue weighted by atomic mass is 16.5. The molecule has 2 aromatic carbocycles. The van der Waals surface area contributed by atoms with Crippen molar-refractivity contribution in [2.75, 3.05) is 56.0 Å². The highest BCUT2D eigenvalue weighted by molar-refractivity contribution is 6.00. The number of carbonyl (C=O) groups is 1. The maximum atomic E-state index is 12.1. The van der Waals surface area contributed by atoms with E-state index in [4.69, 9.17) is 9.47 Å². The number of rotatable bonds is 7. The molecule has 3 aromatic rings. The first kappa shape index (κ1) is 21.5. The molecule has 8 heteroatoms. The number of pyridine rings is 1. The summed E-state index contributed by atoms with van der Waals surface area (Å²) in [6.45, 7) is 3.19. The minimum atomic E-state index is -0.148. The van der Waals surface area contributed by atoms with Crippen LogP contribution in [0.25, 0.3) is 0 Å². The number of hydrogen-bond acceptors (Lipinski definition) is 7. The Morgan fingerprint density at radius 2 is 1.84 bits per heavy atom. The largest absolute Gasteiger partial charge is 0.494 e. The van der Waals surface area contributed by atoms with Crippen molar-refractivity contribution in [3.05, 3.63) is 66.4 Å². The summed E-state index contributed by atoms with van der Waals surface area (Å²) in [4.78, 5) is 18.8. The number of amides is 1. The monoisotopic (exact) mass is 433 g/mol. The van der Waals surface area contributed by atoms with Crippen molar-refractivity contribution in [1.29, 1.82) is 0 Å². The maximum absolute atomic E-state index is 12.1. The van der Waals surface area contributed by atoms with Gasteiger partial charge in [0.2, 0.25) is 0 Å². The topological polar surface area (TPSA) is 87.8 Å². The summed E-state index contributed by atoms with van der Waals surface area (Å²) in [6, 6.07) is 17.2. The Labute approximate surface area is 187 Å². The van der Waals surface area contributed by atoms with Gasteiger partial charge in [-0.05, 0) is 30.3 Å². The van der Waals surface area contributed by atoms with E-state index in [-0.39, 0.29) is 5.91 Å². The Bertz CT molecular complexity index is 1080. The van der Waals surface area contributed by atoms with E-state index in [2.05, 4.69) is 31.9 Å². The highest BCUT2D eigenvalue weighted by Crippen LogP contribution is 2.32. The number of ether oxygens (including phenoxy) is 2. The number of anilines is 5. The molecule has 3 N–H and O–H groups in total. The van der Waals surface area contributed by atoms with E-state index in [1.807, 2.05) is 42.5 Å². The fraction of sp³-hybridized carbons (Fsp3) is 0.250. The Morgan fingerprint density at radius 1 is 1.03 bits per heavy atom. The number of nitrogens with zero attached hydrogens (tertiary/aromatic N) is 2. The zero-order valence-electron chi connectivity index (χ0n) is 18.2. The van der Waals surface area contributed by atoms with E-state index in [0.717, 1.165) is 54.8 Å². The average molecular weight is 434 g/mol. The molecule has 8 nitrogen and oxygen atoms in total. The molecular formula is C24H27N5O3. The lowest BCUT2D eigenvalue weighted by Crippen LogP contribution is -2.36. The molecule has 1 fully saturated rings. The lowest BCUT2D eigenvalue weighted by Gasteiger charge is -2.29. The number of aromatic nitrogens is 1. The number of carbonyl (C=O) groups excluding carboxylic acids is 1. The van der Waals surface area contributed by atoms with Crippen molar-refractivity contribution in [2.24, 2.45) is 0 Å². The van der Waals surface area contributed by atoms with E-state index in [1.165, 1.54) is 0 Å². The fourth-order valence-corrected chi connectivity index (χ4v) is 3.60. The van der Waals surface area contributed by atoms with Crippen LogP contribution in [-0.2, 0) is 4.74 Å². The van der Waals surface area contributed by atoms with Crippen LogP contribution in [0.4, 0.5) is 28.6 Å². The molecule has 0 atom stereocenters. The third-order valence-corrected chi connectivity index (χ3v) is 5.26. The second kappa shape index (κ2) is 10.0. The molecule has 0 spiro atoms. The summed E-state index contributed by atoms with van der Waals surface area (Å²) in [5.41, 5.74) is 4.02. The fourth-order valence-electron chi connectivity index (χ4n) is 3.60. The van der Waals surface area contributed by atoms with Gasteiger partial charge in [0.1, 0.15) is 11.6 Å². The molecule has 1 saturated heterocycles. The Morgan fingerprint density at radius 3 is 2.62 bits per heavy atom. The van der Waals surface area contributed by atoms with Gasteiger partial charge in [0.05, 0.1) is 37.3 Å². The number of morpholine rings is 1. The standard InChI is InChI=1S/C24H27N5O3/c1-25-24(30)19-5-3-4-6-20(19)27-17-9-10-26-23(15-17)28-21-8-7-18(16-22(21)31-2)29-11-13-32-14-12-29/h3-10,15-16H,11-14H2,1-2H3,(H,25,30)(H2,26,27,28). The molecule has 32 heavy (non-hydrogen) atoms. The van der Waals surface area contributed by atoms with Gasteiger partial charge in [-0.25, -0.2) is 4.98 Å². The van der Waals surface area contributed by atoms with Crippen LogP contribution < -0.4 is 25.6 Å². The quantitative estimate of drug-likeness (QED) is 0.523. The van der Waals surface area contributed by atoms with Crippen LogP contribution in [0.5, 0.6) is 5.75 Å². The average Bonchev–Trinajstić information content (AvgIpc) is 2.85. The SMILES string of the molecule is CNC(=O)c1ccccc1Nc1ccnc(Nc2ccc(N3CCOCC3)cc2OC)c1. The molecule has 4 rings (SSSR count). The van der Waals surface area contributed by atoms with Gasteiger partial charge in [-0.1, -0.05) is 12.1 Å². The Hall–Kier alpha value is -3.78. The number of benzene rings is 2. The van der Waals surface area contributed by atoms with Crippen molar-refractivity contribution in [3.8, 4) is 5.75 Å². The van der Waals surface area contributed by atoms with Crippen molar-refractivity contribution in [3.63, 3.8) is 0 Å². The second-order valence-electron chi connectivity index (χ2n) is 7.29. The summed E-state index contributed by atoms with van der Waals surface area (Å²) in [7, 11) is 3.27. The smallest absolute Gasteiger partial charge is 0.253 e. The van der Waals surface area contributed by atoms with Crippen molar-refractivity contribution < 1.29 is 14.3 Å². The molecular weight excluding hydrogens is 406 g/mol. The van der Waals surface area contributed by atoms with Crippen LogP contribution >= 0.6 is 0 Å². The van der Waals surface area contributed by atoms with E-state index >= 15 is 0 Å². The van der Waals surface area contributed by atoms with E-state index in [1.54, 1.807) is 26.4 Å². The summed E-state index contributed by atoms with van der Waals surface area (Å²) < 4.78 is 11.1. The van der Waals surface area contributed by atoms with Crippen LogP contribution in [0.1, 0.15) is 10.4 Å². The Balaban J connectivity index is 1.53. The molecule has 2 heterocycles. The third kappa shape index (κ3) is 4.92. The predicted molar refractivity (Wildman–Crippen MR) is 127 cm³/mol. The first-order chi connectivity index (χ1) is 15.7. The van der Waals surface area contributed by atoms with Gasteiger partial charge in [-0.3, -0.25) is 4.79 Å². The first-order valence-corrected chi connectivity index (χ1v) is 10.5. The number of para-hydroxylation sites is 1. The molecule has 1 aromatic heterocycles. The predicted octanol–water partition coefficient (Wildman–Crippen LogP) is 3.77. The number of nitrogens with one attached hydrogen (secondary N) is 3. The molecule has 1 aliphatic heterocycles. The van der Waals surface area contributed by atoms with Crippen molar-refractivity contribution in [1.82, 2.24) is 10.3 Å². The second-order valence-corrected chi connectivity index (χ2v) is 7.29. The van der Waals surface area contributed by atoms with Gasteiger partial charge >= 0.3 is 0 Å². The van der Waals surface area contributed by atoms with Gasteiger partial charge in [0.25, 0.3) is 5.91 Å². The highest BCUT2D eigenvalue weighted by Gasteiger charge is 2.14. The molecule has 0 saturated carbocycles. The van der Waals surface area contributed by atoms with Crippen LogP contribution in [0.2, 0.25) is 0 Å². The molecule has 0 aliphatic carbocycles. The van der Waals surface area contributed by atoms with E-state index in [9.17, 15) is 4.79 Å². The Kier molecular flexibility index (Phi) is 6.72. The molecule has 0 radical (unpaired) electrons. The molecule has 166 valence electrons.